The molecule has 0 heterocycles. The molecule has 20 heavy (non-hydrogen) atoms. The van der Waals surface area contributed by atoms with E-state index in [1.165, 1.54) is 0 Å². The Labute approximate surface area is 116 Å². The molecule has 2 bridgehead atoms. The molecule has 2 saturated carbocycles. The van der Waals surface area contributed by atoms with Crippen molar-refractivity contribution in [2.75, 3.05) is 0 Å². The fraction of sp³-hybridized carbons (Fsp3) is 0.800. The van der Waals surface area contributed by atoms with Gasteiger partial charge in [-0.1, -0.05) is 12.2 Å². The van der Waals surface area contributed by atoms with Gasteiger partial charge in [-0.25, -0.2) is 0 Å². The van der Waals surface area contributed by atoms with E-state index in [2.05, 4.69) is 0 Å². The summed E-state index contributed by atoms with van der Waals surface area (Å²) in [5.41, 5.74) is -3.18. The molecule has 0 amide bonds. The van der Waals surface area contributed by atoms with Crippen LogP contribution in [-0.2, 0) is 9.53 Å². The summed E-state index contributed by atoms with van der Waals surface area (Å²) in [7, 11) is 0. The number of carbonyl (C=O) groups is 1. The Hall–Kier alpha value is -1.00. The Morgan fingerprint density at radius 1 is 1.20 bits per heavy atom. The highest BCUT2D eigenvalue weighted by molar-refractivity contribution is 5.80. The van der Waals surface area contributed by atoms with Crippen LogP contribution in [-0.4, -0.2) is 17.7 Å². The summed E-state index contributed by atoms with van der Waals surface area (Å²) in [4.78, 5) is 12.3. The summed E-state index contributed by atoms with van der Waals surface area (Å²) in [5.74, 6) is -1.60. The summed E-state index contributed by atoms with van der Waals surface area (Å²) in [6.07, 6.45) is -0.0105. The predicted molar refractivity (Wildman–Crippen MR) is 66.7 cm³/mol. The van der Waals surface area contributed by atoms with Crippen molar-refractivity contribution >= 4 is 5.97 Å². The Morgan fingerprint density at radius 3 is 2.30 bits per heavy atom. The van der Waals surface area contributed by atoms with Gasteiger partial charge in [0.2, 0.25) is 0 Å². The van der Waals surface area contributed by atoms with Crippen molar-refractivity contribution in [3.63, 3.8) is 0 Å². The highest BCUT2D eigenvalue weighted by Crippen LogP contribution is 2.71. The molecule has 0 aliphatic heterocycles. The van der Waals surface area contributed by atoms with Crippen LogP contribution >= 0.6 is 0 Å². The molecule has 0 saturated heterocycles. The minimum absolute atomic E-state index is 0.000793. The van der Waals surface area contributed by atoms with Crippen molar-refractivity contribution in [3.05, 3.63) is 12.2 Å². The van der Waals surface area contributed by atoms with Gasteiger partial charge < -0.3 is 4.74 Å². The van der Waals surface area contributed by atoms with Crippen molar-refractivity contribution in [1.29, 1.82) is 0 Å². The fourth-order valence-corrected chi connectivity index (χ4v) is 4.29. The van der Waals surface area contributed by atoms with E-state index in [4.69, 9.17) is 4.74 Å². The number of hydrogen-bond acceptors (Lipinski definition) is 2. The Balaban J connectivity index is 1.93. The zero-order chi connectivity index (χ0) is 14.9. The first-order valence-corrected chi connectivity index (χ1v) is 7.05. The van der Waals surface area contributed by atoms with E-state index in [-0.39, 0.29) is 24.2 Å². The minimum atomic E-state index is -4.53. The molecule has 0 aromatic rings. The normalized spacial score (nSPS) is 42.3. The van der Waals surface area contributed by atoms with Crippen LogP contribution in [0.25, 0.3) is 0 Å². The largest absolute Gasteiger partial charge is 0.459 e. The van der Waals surface area contributed by atoms with E-state index in [9.17, 15) is 18.0 Å². The maximum absolute atomic E-state index is 13.6. The van der Waals surface area contributed by atoms with Gasteiger partial charge in [-0.2, -0.15) is 13.2 Å². The van der Waals surface area contributed by atoms with E-state index in [0.29, 0.717) is 0 Å². The van der Waals surface area contributed by atoms with Crippen molar-refractivity contribution in [2.45, 2.75) is 45.4 Å². The van der Waals surface area contributed by atoms with Crippen LogP contribution in [0.15, 0.2) is 12.2 Å². The number of halogens is 3. The van der Waals surface area contributed by atoms with Gasteiger partial charge in [0, 0.05) is 0 Å². The summed E-state index contributed by atoms with van der Waals surface area (Å²) in [6.45, 7) is 4.81. The van der Waals surface area contributed by atoms with Crippen molar-refractivity contribution in [2.24, 2.45) is 29.1 Å². The maximum atomic E-state index is 13.6. The highest BCUT2D eigenvalue weighted by Gasteiger charge is 2.78. The molecule has 3 rings (SSSR count). The third-order valence-electron chi connectivity index (χ3n) is 5.02. The molecule has 2 nitrogen and oxygen atoms in total. The molecule has 3 aliphatic carbocycles. The molecule has 5 unspecified atom stereocenters. The summed E-state index contributed by atoms with van der Waals surface area (Å²) < 4.78 is 46.0. The number of esters is 1. The lowest BCUT2D eigenvalue weighted by atomic mass is 9.50. The Bertz CT molecular complexity index is 474. The second kappa shape index (κ2) is 3.80. The third kappa shape index (κ3) is 1.67. The number of carbonyl (C=O) groups excluding carboxylic acids is 1. The molecule has 112 valence electrons. The number of ether oxygens (including phenoxy) is 1. The highest BCUT2D eigenvalue weighted by atomic mass is 19.4. The second-order valence-electron chi connectivity index (χ2n) is 7.31. The van der Waals surface area contributed by atoms with Gasteiger partial charge in [-0.05, 0) is 57.3 Å². The number of allylic oxidation sites excluding steroid dienone is 2. The number of alkyl halides is 3. The van der Waals surface area contributed by atoms with Crippen LogP contribution in [0.2, 0.25) is 0 Å². The van der Waals surface area contributed by atoms with Crippen molar-refractivity contribution < 1.29 is 22.7 Å². The van der Waals surface area contributed by atoms with Crippen LogP contribution in [0, 0.1) is 29.1 Å². The molecular formula is C15H19F3O2. The Kier molecular flexibility index (Phi) is 2.65. The van der Waals surface area contributed by atoms with Crippen LogP contribution in [0.4, 0.5) is 13.2 Å². The van der Waals surface area contributed by atoms with E-state index < -0.39 is 29.1 Å². The van der Waals surface area contributed by atoms with Gasteiger partial charge in [-0.3, -0.25) is 4.79 Å². The molecule has 5 heteroatoms. The molecular weight excluding hydrogens is 269 g/mol. The van der Waals surface area contributed by atoms with Crippen molar-refractivity contribution in [1.82, 2.24) is 0 Å². The van der Waals surface area contributed by atoms with Crippen LogP contribution in [0.1, 0.15) is 33.6 Å². The lowest BCUT2D eigenvalue weighted by Gasteiger charge is -2.54. The van der Waals surface area contributed by atoms with E-state index in [0.717, 1.165) is 6.42 Å². The average molecular weight is 288 g/mol. The molecule has 0 N–H and O–H groups in total. The minimum Gasteiger partial charge on any atom is -0.459 e. The maximum Gasteiger partial charge on any atom is 0.405 e. The molecule has 0 aromatic carbocycles. The molecule has 5 atom stereocenters. The van der Waals surface area contributed by atoms with E-state index in [1.54, 1.807) is 20.8 Å². The van der Waals surface area contributed by atoms with Crippen LogP contribution in [0.3, 0.4) is 0 Å². The van der Waals surface area contributed by atoms with Gasteiger partial charge >= 0.3 is 12.1 Å². The molecule has 3 aliphatic rings. The van der Waals surface area contributed by atoms with Gasteiger partial charge in [0.15, 0.2) is 5.41 Å². The molecule has 0 radical (unpaired) electrons. The lowest BCUT2D eigenvalue weighted by molar-refractivity contribution is -0.294. The van der Waals surface area contributed by atoms with Gasteiger partial charge in [0.1, 0.15) is 5.60 Å². The first-order valence-electron chi connectivity index (χ1n) is 7.05. The lowest BCUT2D eigenvalue weighted by Crippen LogP contribution is -2.63. The van der Waals surface area contributed by atoms with Gasteiger partial charge in [0.25, 0.3) is 0 Å². The first kappa shape index (κ1) is 14.0. The second-order valence-corrected chi connectivity index (χ2v) is 7.31. The van der Waals surface area contributed by atoms with Gasteiger partial charge in [-0.15, -0.1) is 0 Å². The third-order valence-corrected chi connectivity index (χ3v) is 5.02. The summed E-state index contributed by atoms with van der Waals surface area (Å²) in [5, 5.41) is 0. The summed E-state index contributed by atoms with van der Waals surface area (Å²) in [6, 6.07) is 0. The van der Waals surface area contributed by atoms with Crippen molar-refractivity contribution in [3.8, 4) is 0 Å². The fourth-order valence-electron chi connectivity index (χ4n) is 4.29. The zero-order valence-corrected chi connectivity index (χ0v) is 11.8. The average Bonchev–Trinajstić information content (AvgIpc) is 2.68. The molecule has 0 aromatic heterocycles. The molecule has 2 fully saturated rings. The molecule has 0 spiro atoms. The number of fused-ring (bicyclic) bond motifs is 5. The summed E-state index contributed by atoms with van der Waals surface area (Å²) >= 11 is 0. The predicted octanol–water partition coefficient (Wildman–Crippen LogP) is 3.72. The SMILES string of the molecule is CC(C)(C)OC(=O)C1(C(F)(F)F)CC2C3C=CC(C3)C21. The topological polar surface area (TPSA) is 26.3 Å². The van der Waals surface area contributed by atoms with E-state index >= 15 is 0 Å². The first-order chi connectivity index (χ1) is 9.06. The Morgan fingerprint density at radius 2 is 1.80 bits per heavy atom. The van der Waals surface area contributed by atoms with Gasteiger partial charge in [0.05, 0.1) is 0 Å². The van der Waals surface area contributed by atoms with Crippen LogP contribution in [0.5, 0.6) is 0 Å². The standard InChI is InChI=1S/C15H19F3O2/c1-13(2,3)20-12(19)14(15(16,17)18)7-10-8-4-5-9(6-8)11(10)14/h4-5,8-11H,6-7H2,1-3H3. The monoisotopic (exact) mass is 288 g/mol. The van der Waals surface area contributed by atoms with E-state index in [1.807, 2.05) is 12.2 Å². The quantitative estimate of drug-likeness (QED) is 0.543. The zero-order valence-electron chi connectivity index (χ0n) is 11.8. The number of hydrogen-bond donors (Lipinski definition) is 0. The smallest absolute Gasteiger partial charge is 0.405 e. The number of rotatable bonds is 1. The van der Waals surface area contributed by atoms with Crippen LogP contribution < -0.4 is 0 Å².